The summed E-state index contributed by atoms with van der Waals surface area (Å²) in [4.78, 5) is 0. The third-order valence-electron chi connectivity index (χ3n) is 4.16. The van der Waals surface area contributed by atoms with Gasteiger partial charge >= 0.3 is 0 Å². The minimum absolute atomic E-state index is 1.12. The van der Waals surface area contributed by atoms with Gasteiger partial charge in [-0.3, -0.25) is 0 Å². The van der Waals surface area contributed by atoms with Crippen molar-refractivity contribution in [2.24, 2.45) is 0 Å². The van der Waals surface area contributed by atoms with Crippen molar-refractivity contribution in [3.8, 4) is 0 Å². The predicted octanol–water partition coefficient (Wildman–Crippen LogP) is 5.55. The van der Waals surface area contributed by atoms with E-state index in [-0.39, 0.29) is 0 Å². The number of benzene rings is 2. The van der Waals surface area contributed by atoms with Crippen molar-refractivity contribution in [2.75, 3.05) is 12.0 Å². The normalized spacial score (nSPS) is 11.6. The van der Waals surface area contributed by atoms with Gasteiger partial charge in [-0.2, -0.15) is 11.8 Å². The third kappa shape index (κ3) is 2.82. The van der Waals surface area contributed by atoms with E-state index >= 15 is 0 Å². The molecule has 0 amide bonds. The Morgan fingerprint density at radius 2 is 1.43 bits per heavy atom. The van der Waals surface area contributed by atoms with E-state index in [1.807, 2.05) is 11.8 Å². The molecule has 0 bridgehead atoms. The molecule has 0 spiro atoms. The zero-order chi connectivity index (χ0) is 14.8. The summed E-state index contributed by atoms with van der Waals surface area (Å²) in [7, 11) is 0. The van der Waals surface area contributed by atoms with Crippen LogP contribution < -0.4 is 0 Å². The molecule has 110 valence electrons. The molecule has 1 aromatic heterocycles. The van der Waals surface area contributed by atoms with E-state index < -0.39 is 0 Å². The van der Waals surface area contributed by atoms with Crippen molar-refractivity contribution >= 4 is 33.6 Å². The van der Waals surface area contributed by atoms with Crippen LogP contribution in [-0.2, 0) is 6.54 Å². The van der Waals surface area contributed by atoms with Crippen molar-refractivity contribution < 1.29 is 0 Å². The minimum atomic E-state index is 1.12. The molecule has 0 radical (unpaired) electrons. The molecule has 1 heterocycles. The van der Waals surface area contributed by atoms with Gasteiger partial charge in [0.25, 0.3) is 0 Å². The van der Waals surface area contributed by atoms with Gasteiger partial charge in [0.1, 0.15) is 0 Å². The zero-order valence-corrected chi connectivity index (χ0v) is 14.0. The number of aryl methyl sites for hydroxylation is 3. The fourth-order valence-corrected chi connectivity index (χ4v) is 3.58. The highest BCUT2D eigenvalue weighted by molar-refractivity contribution is 7.98. The van der Waals surface area contributed by atoms with E-state index in [9.17, 15) is 0 Å². The van der Waals surface area contributed by atoms with Crippen LogP contribution in [0, 0.1) is 13.8 Å². The van der Waals surface area contributed by atoms with Crippen molar-refractivity contribution in [3.63, 3.8) is 0 Å². The van der Waals surface area contributed by atoms with Crippen LogP contribution in [0.3, 0.4) is 0 Å². The molecule has 3 rings (SSSR count). The molecule has 3 aromatic rings. The van der Waals surface area contributed by atoms with Crippen LogP contribution in [0.4, 0.5) is 0 Å². The Morgan fingerprint density at radius 1 is 0.857 bits per heavy atom. The largest absolute Gasteiger partial charge is 0.340 e. The quantitative estimate of drug-likeness (QED) is 0.559. The van der Waals surface area contributed by atoms with Gasteiger partial charge in [0.05, 0.1) is 0 Å². The van der Waals surface area contributed by atoms with Crippen LogP contribution in [0.2, 0.25) is 0 Å². The third-order valence-corrected chi connectivity index (χ3v) is 4.85. The second kappa shape index (κ2) is 6.15. The maximum atomic E-state index is 2.50. The summed E-state index contributed by atoms with van der Waals surface area (Å²) in [6.07, 6.45) is 4.73. The van der Waals surface area contributed by atoms with Crippen LogP contribution in [-0.4, -0.2) is 16.6 Å². The summed E-state index contributed by atoms with van der Waals surface area (Å²) in [6.45, 7) is 5.47. The fraction of sp³-hybridized carbons (Fsp3) is 0.368. The summed E-state index contributed by atoms with van der Waals surface area (Å²) in [5, 5.41) is 2.80. The van der Waals surface area contributed by atoms with Gasteiger partial charge < -0.3 is 4.57 Å². The van der Waals surface area contributed by atoms with Crippen molar-refractivity contribution in [1.82, 2.24) is 4.57 Å². The maximum absolute atomic E-state index is 2.50. The SMILES string of the molecule is CSCCCCn1c2ccc(C)cc2c2cc(C)ccc21. The summed E-state index contributed by atoms with van der Waals surface area (Å²) in [5.41, 5.74) is 5.44. The molecule has 2 aromatic carbocycles. The van der Waals surface area contributed by atoms with Gasteiger partial charge in [-0.1, -0.05) is 23.3 Å². The Bertz CT molecular complexity index is 711. The van der Waals surface area contributed by atoms with Crippen molar-refractivity contribution in [2.45, 2.75) is 33.2 Å². The Morgan fingerprint density at radius 3 is 1.95 bits per heavy atom. The highest BCUT2D eigenvalue weighted by Crippen LogP contribution is 2.30. The Hall–Kier alpha value is -1.41. The van der Waals surface area contributed by atoms with Crippen LogP contribution in [0.15, 0.2) is 36.4 Å². The maximum Gasteiger partial charge on any atom is 0.0491 e. The van der Waals surface area contributed by atoms with E-state index in [2.05, 4.69) is 61.1 Å². The molecule has 0 saturated carbocycles. The minimum Gasteiger partial charge on any atom is -0.340 e. The van der Waals surface area contributed by atoms with Gasteiger partial charge in [0.2, 0.25) is 0 Å². The van der Waals surface area contributed by atoms with Crippen LogP contribution in [0.25, 0.3) is 21.8 Å². The number of aromatic nitrogens is 1. The molecular weight excluding hydrogens is 274 g/mol. The van der Waals surface area contributed by atoms with Gasteiger partial charge in [0, 0.05) is 28.4 Å². The van der Waals surface area contributed by atoms with E-state index in [1.54, 1.807) is 0 Å². The lowest BCUT2D eigenvalue weighted by Crippen LogP contribution is -1.98. The molecule has 0 saturated heterocycles. The Kier molecular flexibility index (Phi) is 4.25. The summed E-state index contributed by atoms with van der Waals surface area (Å²) in [5.74, 6) is 1.26. The summed E-state index contributed by atoms with van der Waals surface area (Å²) >= 11 is 1.94. The van der Waals surface area contributed by atoms with Gasteiger partial charge in [-0.15, -0.1) is 0 Å². The average Bonchev–Trinajstić information content (AvgIpc) is 2.77. The predicted molar refractivity (Wildman–Crippen MR) is 96.5 cm³/mol. The van der Waals surface area contributed by atoms with Gasteiger partial charge in [0.15, 0.2) is 0 Å². The number of nitrogens with zero attached hydrogens (tertiary/aromatic N) is 1. The van der Waals surface area contributed by atoms with E-state index in [1.165, 1.54) is 51.5 Å². The molecular formula is C19H23NS. The first kappa shape index (κ1) is 14.5. The monoisotopic (exact) mass is 297 g/mol. The first-order chi connectivity index (χ1) is 10.2. The number of hydrogen-bond acceptors (Lipinski definition) is 1. The smallest absolute Gasteiger partial charge is 0.0491 e. The average molecular weight is 297 g/mol. The number of fused-ring (bicyclic) bond motifs is 3. The molecule has 0 aliphatic rings. The Labute approximate surface area is 131 Å². The van der Waals surface area contributed by atoms with Crippen LogP contribution >= 0.6 is 11.8 Å². The van der Waals surface area contributed by atoms with Crippen LogP contribution in [0.1, 0.15) is 24.0 Å². The van der Waals surface area contributed by atoms with E-state index in [0.29, 0.717) is 0 Å². The lowest BCUT2D eigenvalue weighted by molar-refractivity contribution is 0.669. The fourth-order valence-electron chi connectivity index (χ4n) is 3.09. The standard InChI is InChI=1S/C19H23NS/c1-14-6-8-18-16(12-14)17-13-15(2)7-9-19(17)20(18)10-4-5-11-21-3/h6-9,12-13H,4-5,10-11H2,1-3H3. The molecule has 21 heavy (non-hydrogen) atoms. The first-order valence-electron chi connectivity index (χ1n) is 7.69. The summed E-state index contributed by atoms with van der Waals surface area (Å²) in [6, 6.07) is 13.7. The van der Waals surface area contributed by atoms with Crippen molar-refractivity contribution in [3.05, 3.63) is 47.5 Å². The van der Waals surface area contributed by atoms with Crippen molar-refractivity contribution in [1.29, 1.82) is 0 Å². The molecule has 0 aliphatic heterocycles. The highest BCUT2D eigenvalue weighted by atomic mass is 32.2. The number of hydrogen-bond donors (Lipinski definition) is 0. The number of rotatable bonds is 5. The molecule has 0 fully saturated rings. The lowest BCUT2D eigenvalue weighted by Gasteiger charge is -2.07. The van der Waals surface area contributed by atoms with Gasteiger partial charge in [-0.25, -0.2) is 0 Å². The molecule has 0 aliphatic carbocycles. The second-order valence-electron chi connectivity index (χ2n) is 5.89. The van der Waals surface area contributed by atoms with E-state index in [0.717, 1.165) is 6.54 Å². The topological polar surface area (TPSA) is 4.93 Å². The van der Waals surface area contributed by atoms with Crippen LogP contribution in [0.5, 0.6) is 0 Å². The Balaban J connectivity index is 2.11. The molecule has 0 atom stereocenters. The molecule has 1 nitrogen and oxygen atoms in total. The second-order valence-corrected chi connectivity index (χ2v) is 6.88. The summed E-state index contributed by atoms with van der Waals surface area (Å²) < 4.78 is 2.50. The molecule has 0 N–H and O–H groups in total. The number of unbranched alkanes of at least 4 members (excludes halogenated alkanes) is 1. The highest BCUT2D eigenvalue weighted by Gasteiger charge is 2.10. The molecule has 2 heteroatoms. The number of thioether (sulfide) groups is 1. The van der Waals surface area contributed by atoms with Gasteiger partial charge in [-0.05, 0) is 63.0 Å². The van der Waals surface area contributed by atoms with E-state index in [4.69, 9.17) is 0 Å². The zero-order valence-electron chi connectivity index (χ0n) is 13.1. The first-order valence-corrected chi connectivity index (χ1v) is 9.08. The molecule has 0 unspecified atom stereocenters. The lowest BCUT2D eigenvalue weighted by atomic mass is 10.1.